The summed E-state index contributed by atoms with van der Waals surface area (Å²) in [6, 6.07) is 0. The van der Waals surface area contributed by atoms with Gasteiger partial charge in [0.05, 0.1) is 0 Å². The first-order valence-corrected chi connectivity index (χ1v) is 4.94. The zero-order valence-corrected chi connectivity index (χ0v) is 7.92. The Bertz CT molecular complexity index is 156. The van der Waals surface area contributed by atoms with Crippen LogP contribution in [-0.2, 0) is 9.53 Å². The van der Waals surface area contributed by atoms with E-state index < -0.39 is 0 Å². The van der Waals surface area contributed by atoms with Gasteiger partial charge in [-0.2, -0.15) is 0 Å². The topological polar surface area (TPSA) is 64.3 Å². The minimum atomic E-state index is -0.216. The third-order valence-corrected chi connectivity index (χ3v) is 2.15. The third-order valence-electron chi connectivity index (χ3n) is 2.15. The molecule has 1 aliphatic rings. The highest BCUT2D eigenvalue weighted by atomic mass is 16.5. The summed E-state index contributed by atoms with van der Waals surface area (Å²) in [5, 5.41) is 2.81. The molecule has 0 aliphatic carbocycles. The molecule has 0 saturated carbocycles. The molecule has 1 aliphatic heterocycles. The van der Waals surface area contributed by atoms with E-state index in [1.54, 1.807) is 0 Å². The van der Waals surface area contributed by atoms with Gasteiger partial charge in [0.25, 0.3) is 0 Å². The summed E-state index contributed by atoms with van der Waals surface area (Å²) in [6.45, 7) is 2.00. The van der Waals surface area contributed by atoms with Crippen molar-refractivity contribution in [3.63, 3.8) is 0 Å². The SMILES string of the molecule is NCCCNC(=O)C1CCCCO1. The Morgan fingerprint density at radius 3 is 3.00 bits per heavy atom. The number of amides is 1. The lowest BCUT2D eigenvalue weighted by Gasteiger charge is -2.21. The highest BCUT2D eigenvalue weighted by Gasteiger charge is 2.20. The van der Waals surface area contributed by atoms with Crippen molar-refractivity contribution in [1.82, 2.24) is 5.32 Å². The van der Waals surface area contributed by atoms with Crippen molar-refractivity contribution in [2.45, 2.75) is 31.8 Å². The predicted octanol–water partition coefficient (Wildman–Crippen LogP) is 0.0205. The van der Waals surface area contributed by atoms with Crippen molar-refractivity contribution in [3.8, 4) is 0 Å². The maximum absolute atomic E-state index is 11.4. The van der Waals surface area contributed by atoms with Gasteiger partial charge >= 0.3 is 0 Å². The Labute approximate surface area is 78.8 Å². The molecule has 0 radical (unpaired) electrons. The molecule has 3 N–H and O–H groups in total. The molecular weight excluding hydrogens is 168 g/mol. The van der Waals surface area contributed by atoms with Crippen LogP contribution in [0.15, 0.2) is 0 Å². The fraction of sp³-hybridized carbons (Fsp3) is 0.889. The van der Waals surface area contributed by atoms with Crippen molar-refractivity contribution in [3.05, 3.63) is 0 Å². The van der Waals surface area contributed by atoms with Gasteiger partial charge in [0, 0.05) is 13.2 Å². The van der Waals surface area contributed by atoms with Crippen LogP contribution < -0.4 is 11.1 Å². The van der Waals surface area contributed by atoms with E-state index in [0.29, 0.717) is 13.1 Å². The van der Waals surface area contributed by atoms with E-state index in [1.807, 2.05) is 0 Å². The van der Waals surface area contributed by atoms with Crippen LogP contribution in [-0.4, -0.2) is 31.7 Å². The molecule has 13 heavy (non-hydrogen) atoms. The van der Waals surface area contributed by atoms with Gasteiger partial charge in [-0.1, -0.05) is 0 Å². The number of hydrogen-bond donors (Lipinski definition) is 2. The summed E-state index contributed by atoms with van der Waals surface area (Å²) in [4.78, 5) is 11.4. The van der Waals surface area contributed by atoms with Gasteiger partial charge in [-0.15, -0.1) is 0 Å². The molecular formula is C9H18N2O2. The van der Waals surface area contributed by atoms with Gasteiger partial charge in [-0.3, -0.25) is 4.79 Å². The first kappa shape index (κ1) is 10.5. The van der Waals surface area contributed by atoms with Crippen LogP contribution in [0.2, 0.25) is 0 Å². The standard InChI is InChI=1S/C9H18N2O2/c10-5-3-6-11-9(12)8-4-1-2-7-13-8/h8H,1-7,10H2,(H,11,12). The van der Waals surface area contributed by atoms with E-state index in [0.717, 1.165) is 32.3 Å². The van der Waals surface area contributed by atoms with Gasteiger partial charge in [0.1, 0.15) is 6.10 Å². The van der Waals surface area contributed by atoms with E-state index in [9.17, 15) is 4.79 Å². The predicted molar refractivity (Wildman–Crippen MR) is 50.3 cm³/mol. The first-order valence-electron chi connectivity index (χ1n) is 4.94. The smallest absolute Gasteiger partial charge is 0.249 e. The van der Waals surface area contributed by atoms with Gasteiger partial charge in [0.2, 0.25) is 5.91 Å². The van der Waals surface area contributed by atoms with Crippen LogP contribution in [0.1, 0.15) is 25.7 Å². The second-order valence-corrected chi connectivity index (χ2v) is 3.29. The summed E-state index contributed by atoms with van der Waals surface area (Å²) in [7, 11) is 0. The lowest BCUT2D eigenvalue weighted by atomic mass is 10.1. The minimum Gasteiger partial charge on any atom is -0.368 e. The second-order valence-electron chi connectivity index (χ2n) is 3.29. The number of carbonyl (C=O) groups is 1. The molecule has 4 nitrogen and oxygen atoms in total. The number of ether oxygens (including phenoxy) is 1. The third kappa shape index (κ3) is 3.74. The molecule has 0 aromatic rings. The van der Waals surface area contributed by atoms with E-state index in [-0.39, 0.29) is 12.0 Å². The summed E-state index contributed by atoms with van der Waals surface area (Å²) >= 11 is 0. The number of hydrogen-bond acceptors (Lipinski definition) is 3. The van der Waals surface area contributed by atoms with Crippen molar-refractivity contribution >= 4 is 5.91 Å². The molecule has 1 amide bonds. The van der Waals surface area contributed by atoms with E-state index in [1.165, 1.54) is 0 Å². The fourth-order valence-electron chi connectivity index (χ4n) is 1.37. The van der Waals surface area contributed by atoms with Crippen molar-refractivity contribution in [2.75, 3.05) is 19.7 Å². The second kappa shape index (κ2) is 5.94. The van der Waals surface area contributed by atoms with Gasteiger partial charge < -0.3 is 15.8 Å². The van der Waals surface area contributed by atoms with E-state index in [4.69, 9.17) is 10.5 Å². The molecule has 1 atom stereocenters. The summed E-state index contributed by atoms with van der Waals surface area (Å²) in [5.41, 5.74) is 5.31. The maximum atomic E-state index is 11.4. The van der Waals surface area contributed by atoms with Crippen LogP contribution in [0, 0.1) is 0 Å². The van der Waals surface area contributed by atoms with Crippen LogP contribution >= 0.6 is 0 Å². The molecule has 0 aromatic heterocycles. The summed E-state index contributed by atoms with van der Waals surface area (Å²) < 4.78 is 5.33. The molecule has 1 heterocycles. The highest BCUT2D eigenvalue weighted by Crippen LogP contribution is 2.12. The number of nitrogens with two attached hydrogens (primary N) is 1. The average molecular weight is 186 g/mol. The Balaban J connectivity index is 2.13. The van der Waals surface area contributed by atoms with Crippen LogP contribution in [0.4, 0.5) is 0 Å². The highest BCUT2D eigenvalue weighted by molar-refractivity contribution is 5.80. The lowest BCUT2D eigenvalue weighted by molar-refractivity contribution is -0.135. The zero-order chi connectivity index (χ0) is 9.52. The molecule has 76 valence electrons. The summed E-state index contributed by atoms with van der Waals surface area (Å²) in [5.74, 6) is 0.0214. The molecule has 0 aromatic carbocycles. The first-order chi connectivity index (χ1) is 6.34. The summed E-state index contributed by atoms with van der Waals surface area (Å²) in [6.07, 6.45) is 3.64. The maximum Gasteiger partial charge on any atom is 0.249 e. The molecule has 4 heteroatoms. The Kier molecular flexibility index (Phi) is 4.78. The lowest BCUT2D eigenvalue weighted by Crippen LogP contribution is -2.39. The van der Waals surface area contributed by atoms with Gasteiger partial charge in [0.15, 0.2) is 0 Å². The zero-order valence-electron chi connectivity index (χ0n) is 7.92. The number of rotatable bonds is 4. The number of carbonyl (C=O) groups excluding carboxylic acids is 1. The Morgan fingerprint density at radius 1 is 1.54 bits per heavy atom. The average Bonchev–Trinajstić information content (AvgIpc) is 2.19. The van der Waals surface area contributed by atoms with Crippen LogP contribution in [0.25, 0.3) is 0 Å². The van der Waals surface area contributed by atoms with E-state index in [2.05, 4.69) is 5.32 Å². The molecule has 0 bridgehead atoms. The molecule has 1 unspecified atom stereocenters. The fourth-order valence-corrected chi connectivity index (χ4v) is 1.37. The largest absolute Gasteiger partial charge is 0.368 e. The molecule has 1 saturated heterocycles. The Morgan fingerprint density at radius 2 is 2.38 bits per heavy atom. The van der Waals surface area contributed by atoms with Gasteiger partial charge in [-0.05, 0) is 32.2 Å². The quantitative estimate of drug-likeness (QED) is 0.608. The monoisotopic (exact) mass is 186 g/mol. The van der Waals surface area contributed by atoms with Crippen LogP contribution in [0.5, 0.6) is 0 Å². The van der Waals surface area contributed by atoms with Crippen molar-refractivity contribution in [1.29, 1.82) is 0 Å². The molecule has 0 spiro atoms. The molecule has 1 rings (SSSR count). The van der Waals surface area contributed by atoms with Gasteiger partial charge in [-0.25, -0.2) is 0 Å². The molecule has 1 fully saturated rings. The minimum absolute atomic E-state index is 0.0214. The van der Waals surface area contributed by atoms with Crippen molar-refractivity contribution in [2.24, 2.45) is 5.73 Å². The van der Waals surface area contributed by atoms with Crippen molar-refractivity contribution < 1.29 is 9.53 Å². The van der Waals surface area contributed by atoms with Crippen LogP contribution in [0.3, 0.4) is 0 Å². The van der Waals surface area contributed by atoms with E-state index >= 15 is 0 Å². The number of nitrogens with one attached hydrogen (secondary N) is 1. The normalized spacial score (nSPS) is 22.7. The Hall–Kier alpha value is -0.610.